The second-order valence-corrected chi connectivity index (χ2v) is 11.2. The van der Waals surface area contributed by atoms with E-state index in [9.17, 15) is 9.90 Å². The topological polar surface area (TPSA) is 68.7 Å². The first-order valence-corrected chi connectivity index (χ1v) is 12.9. The number of fused-ring (bicyclic) bond motifs is 1. The van der Waals surface area contributed by atoms with E-state index in [1.165, 1.54) is 12.0 Å². The van der Waals surface area contributed by atoms with Crippen LogP contribution in [-0.2, 0) is 17.6 Å². The summed E-state index contributed by atoms with van der Waals surface area (Å²) in [6.45, 7) is 4.29. The summed E-state index contributed by atoms with van der Waals surface area (Å²) < 4.78 is 0. The molecule has 1 atom stereocenters. The number of nitrogens with zero attached hydrogens (tertiary/aromatic N) is 3. The molecule has 8 heteroatoms. The molecule has 2 aromatic rings. The number of hydrogen-bond donors (Lipinski definition) is 2. The fourth-order valence-corrected chi connectivity index (χ4v) is 6.55. The SMILES string of the molecule is CN(C1CC2(C1)CN(CCc1ccc3c(n1)NCCC3)C2)C(CC(=O)O)c1cc(Cl)cc(Cl)c1. The van der Waals surface area contributed by atoms with Crippen LogP contribution in [0.2, 0.25) is 10.0 Å². The predicted molar refractivity (Wildman–Crippen MR) is 136 cm³/mol. The van der Waals surface area contributed by atoms with Gasteiger partial charge in [-0.05, 0) is 73.5 Å². The minimum Gasteiger partial charge on any atom is -0.481 e. The molecule has 0 bridgehead atoms. The molecule has 3 aliphatic rings. The molecule has 1 unspecified atom stereocenters. The third-order valence-electron chi connectivity index (χ3n) is 7.80. The Labute approximate surface area is 211 Å². The van der Waals surface area contributed by atoms with Crippen LogP contribution in [0.25, 0.3) is 0 Å². The Hall–Kier alpha value is -1.86. The van der Waals surface area contributed by atoms with Gasteiger partial charge in [-0.2, -0.15) is 0 Å². The zero-order chi connectivity index (χ0) is 23.9. The van der Waals surface area contributed by atoms with Crippen molar-refractivity contribution in [3.05, 3.63) is 57.2 Å². The van der Waals surface area contributed by atoms with Gasteiger partial charge in [0.25, 0.3) is 0 Å². The Kier molecular flexibility index (Phi) is 6.77. The normalized spacial score (nSPS) is 20.4. The van der Waals surface area contributed by atoms with Crippen molar-refractivity contribution >= 4 is 35.0 Å². The number of benzene rings is 1. The summed E-state index contributed by atoms with van der Waals surface area (Å²) in [5.41, 5.74) is 3.75. The smallest absolute Gasteiger partial charge is 0.305 e. The molecule has 34 heavy (non-hydrogen) atoms. The fourth-order valence-electron chi connectivity index (χ4n) is 6.01. The third-order valence-corrected chi connectivity index (χ3v) is 8.23. The van der Waals surface area contributed by atoms with E-state index in [1.54, 1.807) is 6.07 Å². The van der Waals surface area contributed by atoms with E-state index in [4.69, 9.17) is 28.2 Å². The van der Waals surface area contributed by atoms with E-state index in [0.29, 0.717) is 21.5 Å². The molecule has 182 valence electrons. The van der Waals surface area contributed by atoms with E-state index >= 15 is 0 Å². The van der Waals surface area contributed by atoms with Gasteiger partial charge in [0.15, 0.2) is 0 Å². The van der Waals surface area contributed by atoms with Gasteiger partial charge in [0, 0.05) is 60.4 Å². The summed E-state index contributed by atoms with van der Waals surface area (Å²) in [5, 5.41) is 14.0. The van der Waals surface area contributed by atoms with Crippen molar-refractivity contribution in [2.75, 3.05) is 38.5 Å². The summed E-state index contributed by atoms with van der Waals surface area (Å²) in [6, 6.07) is 9.90. The molecule has 1 spiro atoms. The summed E-state index contributed by atoms with van der Waals surface area (Å²) in [6.07, 6.45) is 5.52. The van der Waals surface area contributed by atoms with Crippen LogP contribution < -0.4 is 5.32 Å². The van der Waals surface area contributed by atoms with E-state index in [2.05, 4.69) is 27.2 Å². The predicted octanol–water partition coefficient (Wildman–Crippen LogP) is 4.90. The molecule has 5 rings (SSSR count). The van der Waals surface area contributed by atoms with Crippen molar-refractivity contribution in [2.45, 2.75) is 50.6 Å². The molecule has 1 aromatic carbocycles. The van der Waals surface area contributed by atoms with Crippen LogP contribution in [0.5, 0.6) is 0 Å². The van der Waals surface area contributed by atoms with E-state index < -0.39 is 5.97 Å². The number of aryl methyl sites for hydroxylation is 1. The lowest BCUT2D eigenvalue weighted by Gasteiger charge is -2.61. The molecule has 6 nitrogen and oxygen atoms in total. The number of carboxylic acids is 1. The molecular formula is C26H32Cl2N4O2. The molecule has 3 heterocycles. The van der Waals surface area contributed by atoms with Gasteiger partial charge in [0.05, 0.1) is 6.42 Å². The van der Waals surface area contributed by atoms with Gasteiger partial charge in [0.1, 0.15) is 5.82 Å². The number of carboxylic acid groups (broad SMARTS) is 1. The van der Waals surface area contributed by atoms with Crippen LogP contribution in [0.4, 0.5) is 5.82 Å². The first kappa shape index (κ1) is 23.9. The van der Waals surface area contributed by atoms with Crippen LogP contribution in [0, 0.1) is 5.41 Å². The number of nitrogens with one attached hydrogen (secondary N) is 1. The number of aromatic nitrogens is 1. The van der Waals surface area contributed by atoms with Crippen LogP contribution in [-0.4, -0.2) is 65.1 Å². The molecular weight excluding hydrogens is 471 g/mol. The van der Waals surface area contributed by atoms with Gasteiger partial charge >= 0.3 is 5.97 Å². The molecule has 0 amide bonds. The first-order chi connectivity index (χ1) is 16.3. The van der Waals surface area contributed by atoms with Gasteiger partial charge < -0.3 is 15.3 Å². The minimum atomic E-state index is -0.817. The zero-order valence-corrected chi connectivity index (χ0v) is 21.1. The van der Waals surface area contributed by atoms with Crippen molar-refractivity contribution in [3.8, 4) is 0 Å². The average Bonchev–Trinajstić information content (AvgIpc) is 2.74. The van der Waals surface area contributed by atoms with Crippen LogP contribution >= 0.6 is 23.2 Å². The van der Waals surface area contributed by atoms with Crippen molar-refractivity contribution in [1.82, 2.24) is 14.8 Å². The van der Waals surface area contributed by atoms with Gasteiger partial charge in [-0.15, -0.1) is 0 Å². The molecule has 2 aliphatic heterocycles. The second kappa shape index (κ2) is 9.65. The maximum Gasteiger partial charge on any atom is 0.305 e. The van der Waals surface area contributed by atoms with Crippen molar-refractivity contribution in [1.29, 1.82) is 0 Å². The standard InChI is InChI=1S/C26H32Cl2N4O2/c1-31(23(12-24(33)34)18-9-19(27)11-20(28)10-18)22-13-26(14-22)15-32(16-26)8-6-21-5-4-17-3-2-7-29-25(17)30-21/h4-5,9-11,22-23H,2-3,6-8,12-16H2,1H3,(H,29,30)(H,33,34). The number of halogens is 2. The lowest BCUT2D eigenvalue weighted by Crippen LogP contribution is -2.66. The average molecular weight is 503 g/mol. The van der Waals surface area contributed by atoms with Gasteiger partial charge in [0.2, 0.25) is 0 Å². The highest BCUT2D eigenvalue weighted by Gasteiger charge is 2.53. The molecule has 1 aromatic heterocycles. The number of aliphatic carboxylic acids is 1. The highest BCUT2D eigenvalue weighted by molar-refractivity contribution is 6.34. The number of anilines is 1. The lowest BCUT2D eigenvalue weighted by atomic mass is 9.60. The highest BCUT2D eigenvalue weighted by Crippen LogP contribution is 2.51. The number of hydrogen-bond acceptors (Lipinski definition) is 5. The Bertz CT molecular complexity index is 1040. The van der Waals surface area contributed by atoms with Crippen LogP contribution in [0.15, 0.2) is 30.3 Å². The number of likely N-dealkylation sites (tertiary alicyclic amines) is 1. The molecule has 1 aliphatic carbocycles. The van der Waals surface area contributed by atoms with E-state index in [-0.39, 0.29) is 12.5 Å². The van der Waals surface area contributed by atoms with Crippen molar-refractivity contribution < 1.29 is 9.90 Å². The summed E-state index contributed by atoms with van der Waals surface area (Å²) in [5.74, 6) is 0.258. The Morgan fingerprint density at radius 3 is 2.71 bits per heavy atom. The summed E-state index contributed by atoms with van der Waals surface area (Å²) >= 11 is 12.4. The summed E-state index contributed by atoms with van der Waals surface area (Å²) in [7, 11) is 2.03. The molecule has 2 N–H and O–H groups in total. The third kappa shape index (κ3) is 5.06. The van der Waals surface area contributed by atoms with E-state index in [1.807, 2.05) is 19.2 Å². The maximum atomic E-state index is 11.6. The number of carbonyl (C=O) groups is 1. The Balaban J connectivity index is 1.13. The quantitative estimate of drug-likeness (QED) is 0.534. The maximum absolute atomic E-state index is 11.6. The van der Waals surface area contributed by atoms with Crippen molar-refractivity contribution in [2.24, 2.45) is 5.41 Å². The van der Waals surface area contributed by atoms with Gasteiger partial charge in [-0.25, -0.2) is 4.98 Å². The number of rotatable bonds is 8. The fraction of sp³-hybridized carbons (Fsp3) is 0.538. The Morgan fingerprint density at radius 1 is 1.26 bits per heavy atom. The molecule has 1 saturated heterocycles. The van der Waals surface area contributed by atoms with Crippen LogP contribution in [0.1, 0.15) is 48.5 Å². The second-order valence-electron chi connectivity index (χ2n) is 10.3. The summed E-state index contributed by atoms with van der Waals surface area (Å²) in [4.78, 5) is 21.1. The molecule has 1 saturated carbocycles. The molecule has 2 fully saturated rings. The largest absolute Gasteiger partial charge is 0.481 e. The van der Waals surface area contributed by atoms with Crippen molar-refractivity contribution in [3.63, 3.8) is 0 Å². The minimum absolute atomic E-state index is 0.0332. The monoisotopic (exact) mass is 502 g/mol. The van der Waals surface area contributed by atoms with Crippen LogP contribution in [0.3, 0.4) is 0 Å². The Morgan fingerprint density at radius 2 is 2.00 bits per heavy atom. The first-order valence-electron chi connectivity index (χ1n) is 12.1. The van der Waals surface area contributed by atoms with Gasteiger partial charge in [-0.1, -0.05) is 29.3 Å². The lowest BCUT2D eigenvalue weighted by molar-refractivity contribution is -0.141. The highest BCUT2D eigenvalue weighted by atomic mass is 35.5. The number of pyridine rings is 1. The van der Waals surface area contributed by atoms with Gasteiger partial charge in [-0.3, -0.25) is 9.69 Å². The molecule has 0 radical (unpaired) electrons. The zero-order valence-electron chi connectivity index (χ0n) is 19.6. The van der Waals surface area contributed by atoms with E-state index in [0.717, 1.165) is 68.9 Å².